The standard InChI is InChI=1S/C16H21N5O2/c22-16(18-11-14-5-3-9-23-14)12-17-10-13-4-2-8-21(13)15-6-1-7-19-20-15/h1,3,5-7,9,13,17H,2,4,8,10-12H2,(H,18,22)/t13-/m1/s1. The van der Waals surface area contributed by atoms with Gasteiger partial charge in [-0.1, -0.05) is 0 Å². The van der Waals surface area contributed by atoms with Crippen LogP contribution in [0.1, 0.15) is 18.6 Å². The molecule has 1 aliphatic rings. The molecule has 1 amide bonds. The predicted octanol–water partition coefficient (Wildman–Crippen LogP) is 0.944. The molecule has 0 radical (unpaired) electrons. The van der Waals surface area contributed by atoms with Gasteiger partial charge in [0.25, 0.3) is 0 Å². The highest BCUT2D eigenvalue weighted by Gasteiger charge is 2.25. The zero-order chi connectivity index (χ0) is 15.9. The highest BCUT2D eigenvalue weighted by molar-refractivity contribution is 5.77. The normalized spacial score (nSPS) is 17.4. The van der Waals surface area contributed by atoms with Crippen LogP contribution < -0.4 is 15.5 Å². The van der Waals surface area contributed by atoms with Crippen molar-refractivity contribution >= 4 is 11.7 Å². The Labute approximate surface area is 135 Å². The van der Waals surface area contributed by atoms with E-state index in [1.54, 1.807) is 18.5 Å². The largest absolute Gasteiger partial charge is 0.467 e. The molecule has 7 nitrogen and oxygen atoms in total. The minimum absolute atomic E-state index is 0.0366. The van der Waals surface area contributed by atoms with Crippen LogP contribution in [-0.2, 0) is 11.3 Å². The zero-order valence-corrected chi connectivity index (χ0v) is 12.9. The molecule has 1 atom stereocenters. The van der Waals surface area contributed by atoms with Crippen molar-refractivity contribution in [2.24, 2.45) is 0 Å². The highest BCUT2D eigenvalue weighted by atomic mass is 16.3. The minimum Gasteiger partial charge on any atom is -0.467 e. The molecule has 1 fully saturated rings. The van der Waals surface area contributed by atoms with Crippen LogP contribution in [0.3, 0.4) is 0 Å². The minimum atomic E-state index is -0.0366. The van der Waals surface area contributed by atoms with E-state index in [1.165, 1.54) is 0 Å². The van der Waals surface area contributed by atoms with E-state index in [-0.39, 0.29) is 5.91 Å². The fraction of sp³-hybridized carbons (Fsp3) is 0.438. The Bertz CT molecular complexity index is 602. The van der Waals surface area contributed by atoms with Gasteiger partial charge in [-0.05, 0) is 37.1 Å². The summed E-state index contributed by atoms with van der Waals surface area (Å²) in [6.45, 7) is 2.45. The van der Waals surface area contributed by atoms with E-state index in [9.17, 15) is 4.79 Å². The first kappa shape index (κ1) is 15.5. The highest BCUT2D eigenvalue weighted by Crippen LogP contribution is 2.22. The van der Waals surface area contributed by atoms with Crippen LogP contribution in [0.2, 0.25) is 0 Å². The van der Waals surface area contributed by atoms with Gasteiger partial charge in [-0.25, -0.2) is 0 Å². The summed E-state index contributed by atoms with van der Waals surface area (Å²) in [4.78, 5) is 14.1. The Morgan fingerprint density at radius 3 is 3.13 bits per heavy atom. The number of hydrogen-bond donors (Lipinski definition) is 2. The Morgan fingerprint density at radius 1 is 1.39 bits per heavy atom. The first-order valence-electron chi connectivity index (χ1n) is 7.87. The van der Waals surface area contributed by atoms with Crippen LogP contribution in [0.15, 0.2) is 41.1 Å². The lowest BCUT2D eigenvalue weighted by molar-refractivity contribution is -0.120. The number of furan rings is 1. The summed E-state index contributed by atoms with van der Waals surface area (Å²) in [6, 6.07) is 7.87. The Balaban J connectivity index is 1.40. The molecule has 1 aliphatic heterocycles. The summed E-state index contributed by atoms with van der Waals surface area (Å²) in [5.74, 6) is 1.62. The molecule has 23 heavy (non-hydrogen) atoms. The van der Waals surface area contributed by atoms with E-state index in [0.717, 1.165) is 37.5 Å². The SMILES string of the molecule is O=C(CNC[C@H]1CCCN1c1cccnn1)NCc1ccco1. The van der Waals surface area contributed by atoms with Crippen molar-refractivity contribution in [1.29, 1.82) is 0 Å². The number of anilines is 1. The first-order valence-corrected chi connectivity index (χ1v) is 7.87. The fourth-order valence-electron chi connectivity index (χ4n) is 2.81. The molecule has 0 aliphatic carbocycles. The van der Waals surface area contributed by atoms with Gasteiger partial charge in [-0.15, -0.1) is 5.10 Å². The maximum atomic E-state index is 11.8. The van der Waals surface area contributed by atoms with Crippen molar-refractivity contribution in [2.45, 2.75) is 25.4 Å². The van der Waals surface area contributed by atoms with Crippen molar-refractivity contribution in [3.63, 3.8) is 0 Å². The second-order valence-electron chi connectivity index (χ2n) is 5.56. The predicted molar refractivity (Wildman–Crippen MR) is 85.8 cm³/mol. The van der Waals surface area contributed by atoms with Crippen LogP contribution in [0.25, 0.3) is 0 Å². The van der Waals surface area contributed by atoms with Gasteiger partial charge < -0.3 is 20.0 Å². The molecular weight excluding hydrogens is 294 g/mol. The van der Waals surface area contributed by atoms with Crippen LogP contribution in [0.4, 0.5) is 5.82 Å². The number of nitrogens with zero attached hydrogens (tertiary/aromatic N) is 3. The molecule has 0 unspecified atom stereocenters. The monoisotopic (exact) mass is 315 g/mol. The summed E-state index contributed by atoms with van der Waals surface area (Å²) >= 11 is 0. The van der Waals surface area contributed by atoms with Crippen LogP contribution in [-0.4, -0.2) is 41.8 Å². The molecule has 3 heterocycles. The number of carbonyl (C=O) groups excluding carboxylic acids is 1. The van der Waals surface area contributed by atoms with Crippen molar-refractivity contribution in [3.05, 3.63) is 42.5 Å². The van der Waals surface area contributed by atoms with Gasteiger partial charge >= 0.3 is 0 Å². The summed E-state index contributed by atoms with van der Waals surface area (Å²) in [6.07, 6.45) is 5.50. The zero-order valence-electron chi connectivity index (χ0n) is 12.9. The molecule has 2 N–H and O–H groups in total. The van der Waals surface area contributed by atoms with Gasteiger partial charge in [0.1, 0.15) is 5.76 Å². The first-order chi connectivity index (χ1) is 11.3. The average Bonchev–Trinajstić information content (AvgIpc) is 3.25. The Kier molecular flexibility index (Phi) is 5.21. The van der Waals surface area contributed by atoms with Crippen molar-refractivity contribution < 1.29 is 9.21 Å². The number of hydrogen-bond acceptors (Lipinski definition) is 6. The van der Waals surface area contributed by atoms with Crippen molar-refractivity contribution in [2.75, 3.05) is 24.5 Å². The number of rotatable bonds is 7. The lowest BCUT2D eigenvalue weighted by atomic mass is 10.2. The molecule has 1 saturated heterocycles. The third-order valence-corrected chi connectivity index (χ3v) is 3.94. The molecule has 0 bridgehead atoms. The molecule has 0 aromatic carbocycles. The van der Waals surface area contributed by atoms with Gasteiger partial charge in [0.2, 0.25) is 5.91 Å². The van der Waals surface area contributed by atoms with E-state index >= 15 is 0 Å². The van der Waals surface area contributed by atoms with Gasteiger partial charge in [0, 0.05) is 25.3 Å². The molecule has 2 aromatic rings. The molecular formula is C16H21N5O2. The van der Waals surface area contributed by atoms with Gasteiger partial charge in [0.15, 0.2) is 5.82 Å². The van der Waals surface area contributed by atoms with Crippen molar-refractivity contribution in [3.8, 4) is 0 Å². The van der Waals surface area contributed by atoms with Gasteiger partial charge in [-0.3, -0.25) is 4.79 Å². The van der Waals surface area contributed by atoms with Gasteiger partial charge in [0.05, 0.1) is 19.4 Å². The van der Waals surface area contributed by atoms with E-state index in [1.807, 2.05) is 18.2 Å². The van der Waals surface area contributed by atoms with E-state index < -0.39 is 0 Å². The van der Waals surface area contributed by atoms with Crippen LogP contribution >= 0.6 is 0 Å². The number of aromatic nitrogens is 2. The van der Waals surface area contributed by atoms with Gasteiger partial charge in [-0.2, -0.15) is 5.10 Å². The Morgan fingerprint density at radius 2 is 2.35 bits per heavy atom. The second kappa shape index (κ2) is 7.73. The lowest BCUT2D eigenvalue weighted by Gasteiger charge is -2.25. The maximum Gasteiger partial charge on any atom is 0.234 e. The average molecular weight is 315 g/mol. The number of nitrogens with one attached hydrogen (secondary N) is 2. The molecule has 0 saturated carbocycles. The molecule has 122 valence electrons. The molecule has 0 spiro atoms. The summed E-state index contributed by atoms with van der Waals surface area (Å²) in [5.41, 5.74) is 0. The van der Waals surface area contributed by atoms with E-state index in [0.29, 0.717) is 19.1 Å². The fourth-order valence-corrected chi connectivity index (χ4v) is 2.81. The lowest BCUT2D eigenvalue weighted by Crippen LogP contribution is -2.42. The van der Waals surface area contributed by atoms with Crippen molar-refractivity contribution in [1.82, 2.24) is 20.8 Å². The van der Waals surface area contributed by atoms with E-state index in [2.05, 4.69) is 25.7 Å². The summed E-state index contributed by atoms with van der Waals surface area (Å²) < 4.78 is 5.18. The molecule has 3 rings (SSSR count). The molecule has 2 aromatic heterocycles. The van der Waals surface area contributed by atoms with E-state index in [4.69, 9.17) is 4.42 Å². The third-order valence-electron chi connectivity index (χ3n) is 3.94. The topological polar surface area (TPSA) is 83.3 Å². The third kappa shape index (κ3) is 4.29. The maximum absolute atomic E-state index is 11.8. The summed E-state index contributed by atoms with van der Waals surface area (Å²) in [5, 5.41) is 14.2. The van der Waals surface area contributed by atoms with Crippen LogP contribution in [0.5, 0.6) is 0 Å². The quantitative estimate of drug-likeness (QED) is 0.791. The second-order valence-corrected chi connectivity index (χ2v) is 5.56. The van der Waals surface area contributed by atoms with Crippen LogP contribution in [0, 0.1) is 0 Å². The number of carbonyl (C=O) groups is 1. The molecule has 7 heteroatoms. The number of amides is 1. The summed E-state index contributed by atoms with van der Waals surface area (Å²) in [7, 11) is 0. The smallest absolute Gasteiger partial charge is 0.234 e. The Hall–Kier alpha value is -2.41.